The Labute approximate surface area is 168 Å². The van der Waals surface area contributed by atoms with E-state index in [1.54, 1.807) is 0 Å². The number of benzene rings is 1. The standard InChI is InChI=1S/C21H21Cl2NO3/c22-16-2-1-3-17(23)18(16)19-15(21(27-24-19)11-4-5-11)10-26-14-8-12-6-7-13(9-14)20(12)25/h1-3,11-14H,4-10H2/t12-,13-/m0/s1. The van der Waals surface area contributed by atoms with Crippen LogP contribution in [0.2, 0.25) is 10.0 Å². The SMILES string of the molecule is O=C1[C@H]2CC[C@H]1CC(OCc1c(-c3c(Cl)cccc3Cl)noc1C1CC1)C2. The van der Waals surface area contributed by atoms with Crippen molar-refractivity contribution in [3.05, 3.63) is 39.6 Å². The van der Waals surface area contributed by atoms with Crippen molar-refractivity contribution < 1.29 is 14.1 Å². The second-order valence-electron chi connectivity index (χ2n) is 8.02. The molecule has 0 unspecified atom stereocenters. The van der Waals surface area contributed by atoms with Gasteiger partial charge >= 0.3 is 0 Å². The summed E-state index contributed by atoms with van der Waals surface area (Å²) in [5.74, 6) is 2.14. The number of ether oxygens (including phenoxy) is 1. The van der Waals surface area contributed by atoms with Gasteiger partial charge in [-0.3, -0.25) is 4.79 Å². The van der Waals surface area contributed by atoms with E-state index in [0.29, 0.717) is 39.6 Å². The molecule has 1 heterocycles. The fourth-order valence-corrected chi connectivity index (χ4v) is 5.18. The molecular formula is C21H21Cl2NO3. The topological polar surface area (TPSA) is 52.3 Å². The maximum atomic E-state index is 12.1. The molecule has 0 saturated heterocycles. The molecule has 0 aliphatic heterocycles. The van der Waals surface area contributed by atoms with Gasteiger partial charge in [-0.2, -0.15) is 0 Å². The highest BCUT2D eigenvalue weighted by Gasteiger charge is 2.42. The Balaban J connectivity index is 1.42. The van der Waals surface area contributed by atoms with Gasteiger partial charge in [0.1, 0.15) is 17.2 Å². The molecule has 6 heteroatoms. The molecule has 4 nitrogen and oxygen atoms in total. The minimum absolute atomic E-state index is 0.122. The minimum Gasteiger partial charge on any atom is -0.373 e. The first-order valence-electron chi connectivity index (χ1n) is 9.70. The molecule has 3 saturated carbocycles. The average molecular weight is 406 g/mol. The maximum Gasteiger partial charge on any atom is 0.145 e. The molecule has 0 spiro atoms. The number of hydrogen-bond acceptors (Lipinski definition) is 4. The highest BCUT2D eigenvalue weighted by Crippen LogP contribution is 2.47. The van der Waals surface area contributed by atoms with Crippen molar-refractivity contribution in [1.29, 1.82) is 0 Å². The molecule has 3 fully saturated rings. The number of halogens is 2. The lowest BCUT2D eigenvalue weighted by atomic mass is 9.86. The lowest BCUT2D eigenvalue weighted by Gasteiger charge is -2.26. The Morgan fingerprint density at radius 1 is 1.04 bits per heavy atom. The number of nitrogens with zero attached hydrogens (tertiary/aromatic N) is 1. The third-order valence-electron chi connectivity index (χ3n) is 6.19. The number of carbonyl (C=O) groups excluding carboxylic acids is 1. The molecule has 2 bridgehead atoms. The monoisotopic (exact) mass is 405 g/mol. The predicted octanol–water partition coefficient (Wildman–Crippen LogP) is 5.80. The van der Waals surface area contributed by atoms with Gasteiger partial charge in [-0.25, -0.2) is 0 Å². The Morgan fingerprint density at radius 2 is 1.67 bits per heavy atom. The zero-order chi connectivity index (χ0) is 18.5. The van der Waals surface area contributed by atoms with E-state index in [0.717, 1.165) is 49.8 Å². The number of fused-ring (bicyclic) bond motifs is 2. The summed E-state index contributed by atoms with van der Waals surface area (Å²) in [7, 11) is 0. The van der Waals surface area contributed by atoms with Crippen molar-refractivity contribution >= 4 is 29.0 Å². The van der Waals surface area contributed by atoms with Crippen molar-refractivity contribution in [3.63, 3.8) is 0 Å². The number of carbonyl (C=O) groups is 1. The molecular weight excluding hydrogens is 385 g/mol. The molecule has 3 aliphatic carbocycles. The van der Waals surface area contributed by atoms with E-state index in [2.05, 4.69) is 5.16 Å². The van der Waals surface area contributed by atoms with E-state index in [1.165, 1.54) is 0 Å². The lowest BCUT2D eigenvalue weighted by Crippen LogP contribution is -2.30. The van der Waals surface area contributed by atoms with Crippen LogP contribution in [0.3, 0.4) is 0 Å². The number of ketones is 1. The summed E-state index contributed by atoms with van der Waals surface area (Å²) in [6.45, 7) is 0.421. The maximum absolute atomic E-state index is 12.1. The first kappa shape index (κ1) is 17.7. The van der Waals surface area contributed by atoms with Crippen LogP contribution >= 0.6 is 23.2 Å². The largest absolute Gasteiger partial charge is 0.373 e. The summed E-state index contributed by atoms with van der Waals surface area (Å²) >= 11 is 12.8. The van der Waals surface area contributed by atoms with Crippen molar-refractivity contribution in [3.8, 4) is 11.3 Å². The molecule has 0 N–H and O–H groups in total. The zero-order valence-electron chi connectivity index (χ0n) is 14.9. The first-order valence-corrected chi connectivity index (χ1v) is 10.5. The fourth-order valence-electron chi connectivity index (χ4n) is 4.60. The highest BCUT2D eigenvalue weighted by molar-refractivity contribution is 6.39. The van der Waals surface area contributed by atoms with Crippen LogP contribution in [-0.2, 0) is 16.1 Å². The van der Waals surface area contributed by atoms with Crippen LogP contribution in [0.5, 0.6) is 0 Å². The summed E-state index contributed by atoms with van der Waals surface area (Å²) in [5.41, 5.74) is 2.34. The molecule has 27 heavy (non-hydrogen) atoms. The van der Waals surface area contributed by atoms with E-state index in [-0.39, 0.29) is 17.9 Å². The van der Waals surface area contributed by atoms with Gasteiger partial charge in [0, 0.05) is 28.9 Å². The van der Waals surface area contributed by atoms with Crippen LogP contribution in [0.1, 0.15) is 55.8 Å². The number of rotatable bonds is 5. The summed E-state index contributed by atoms with van der Waals surface area (Å²) < 4.78 is 12.0. The Kier molecular flexibility index (Phi) is 4.53. The van der Waals surface area contributed by atoms with E-state index in [9.17, 15) is 4.79 Å². The summed E-state index contributed by atoms with van der Waals surface area (Å²) in [6, 6.07) is 5.44. The molecule has 1 aromatic heterocycles. The van der Waals surface area contributed by atoms with Crippen LogP contribution in [0.4, 0.5) is 0 Å². The number of hydrogen-bond donors (Lipinski definition) is 0. The zero-order valence-corrected chi connectivity index (χ0v) is 16.4. The van der Waals surface area contributed by atoms with Gasteiger partial charge in [0.25, 0.3) is 0 Å². The van der Waals surface area contributed by atoms with E-state index >= 15 is 0 Å². The van der Waals surface area contributed by atoms with Gasteiger partial charge in [0.2, 0.25) is 0 Å². The summed E-state index contributed by atoms with van der Waals surface area (Å²) in [6.07, 6.45) is 6.05. The summed E-state index contributed by atoms with van der Waals surface area (Å²) in [5, 5.41) is 5.42. The van der Waals surface area contributed by atoms with Gasteiger partial charge in [-0.1, -0.05) is 34.4 Å². The Bertz CT molecular complexity index is 853. The molecule has 5 rings (SSSR count). The van der Waals surface area contributed by atoms with Gasteiger partial charge in [-0.05, 0) is 50.7 Å². The predicted molar refractivity (Wildman–Crippen MR) is 103 cm³/mol. The van der Waals surface area contributed by atoms with E-state index in [1.807, 2.05) is 18.2 Å². The molecule has 0 radical (unpaired) electrons. The number of Topliss-reactive ketones (excluding diaryl/α,β-unsaturated/α-hetero) is 1. The third kappa shape index (κ3) is 3.22. The van der Waals surface area contributed by atoms with Crippen LogP contribution in [-0.4, -0.2) is 17.0 Å². The molecule has 0 amide bonds. The molecule has 2 atom stereocenters. The van der Waals surface area contributed by atoms with Crippen molar-refractivity contribution in [2.24, 2.45) is 11.8 Å². The third-order valence-corrected chi connectivity index (χ3v) is 6.82. The average Bonchev–Trinajstić information content (AvgIpc) is 3.38. The Hall–Kier alpha value is -1.36. The van der Waals surface area contributed by atoms with Crippen LogP contribution in [0.25, 0.3) is 11.3 Å². The van der Waals surface area contributed by atoms with Crippen molar-refractivity contribution in [2.75, 3.05) is 0 Å². The molecule has 1 aromatic carbocycles. The molecule has 142 valence electrons. The van der Waals surface area contributed by atoms with Crippen LogP contribution in [0.15, 0.2) is 22.7 Å². The first-order chi connectivity index (χ1) is 13.1. The van der Waals surface area contributed by atoms with Gasteiger partial charge in [0.15, 0.2) is 0 Å². The molecule has 2 aromatic rings. The lowest BCUT2D eigenvalue weighted by molar-refractivity contribution is -0.130. The van der Waals surface area contributed by atoms with Crippen molar-refractivity contribution in [2.45, 2.75) is 57.2 Å². The number of aromatic nitrogens is 1. The van der Waals surface area contributed by atoms with Crippen LogP contribution < -0.4 is 0 Å². The van der Waals surface area contributed by atoms with Gasteiger partial charge in [0.05, 0.1) is 22.8 Å². The smallest absolute Gasteiger partial charge is 0.145 e. The molecule has 3 aliphatic rings. The highest BCUT2D eigenvalue weighted by atomic mass is 35.5. The van der Waals surface area contributed by atoms with E-state index in [4.69, 9.17) is 32.5 Å². The van der Waals surface area contributed by atoms with E-state index < -0.39 is 0 Å². The second-order valence-corrected chi connectivity index (χ2v) is 8.84. The Morgan fingerprint density at radius 3 is 2.30 bits per heavy atom. The van der Waals surface area contributed by atoms with Crippen molar-refractivity contribution in [1.82, 2.24) is 5.16 Å². The quantitative estimate of drug-likeness (QED) is 0.630. The minimum atomic E-state index is 0.122. The normalized spacial score (nSPS) is 27.3. The van der Waals surface area contributed by atoms with Gasteiger partial charge < -0.3 is 9.26 Å². The van der Waals surface area contributed by atoms with Crippen LogP contribution in [0, 0.1) is 11.8 Å². The van der Waals surface area contributed by atoms with Gasteiger partial charge in [-0.15, -0.1) is 0 Å². The fraction of sp³-hybridized carbons (Fsp3) is 0.524. The summed E-state index contributed by atoms with van der Waals surface area (Å²) in [4.78, 5) is 12.1. The second kappa shape index (κ2) is 6.91.